The lowest BCUT2D eigenvalue weighted by Crippen LogP contribution is -2.35. The van der Waals surface area contributed by atoms with Crippen LogP contribution in [0.25, 0.3) is 0 Å². The lowest BCUT2D eigenvalue weighted by Gasteiger charge is -2.24. The zero-order valence-corrected chi connectivity index (χ0v) is 28.4. The van der Waals surface area contributed by atoms with Gasteiger partial charge in [-0.25, -0.2) is 0 Å². The van der Waals surface area contributed by atoms with Crippen molar-refractivity contribution in [1.29, 1.82) is 0 Å². The van der Waals surface area contributed by atoms with Crippen LogP contribution in [0.4, 0.5) is 0 Å². The van der Waals surface area contributed by atoms with Crippen LogP contribution in [0.5, 0.6) is 0 Å². The van der Waals surface area contributed by atoms with Gasteiger partial charge in [-0.15, -0.1) is 0 Å². The molecule has 45 heavy (non-hydrogen) atoms. The van der Waals surface area contributed by atoms with Crippen molar-refractivity contribution in [3.8, 4) is 0 Å². The molecule has 0 saturated carbocycles. The molecule has 0 aliphatic carbocycles. The van der Waals surface area contributed by atoms with Gasteiger partial charge < -0.3 is 42.6 Å². The number of imide groups is 1. The lowest BCUT2D eigenvalue weighted by molar-refractivity contribution is -0.140. The predicted octanol–water partition coefficient (Wildman–Crippen LogP) is 2.31. The first-order chi connectivity index (χ1) is 21.7. The normalized spacial score (nSPS) is 16.2. The summed E-state index contributed by atoms with van der Waals surface area (Å²) < 4.78 is 49.1. The van der Waals surface area contributed by atoms with Gasteiger partial charge in [-0.3, -0.25) is 19.3 Å². The van der Waals surface area contributed by atoms with Crippen LogP contribution in [0.1, 0.15) is 52.9 Å². The van der Waals surface area contributed by atoms with E-state index in [0.717, 1.165) is 0 Å². The fourth-order valence-corrected chi connectivity index (χ4v) is 4.38. The molecule has 1 aliphatic rings. The van der Waals surface area contributed by atoms with E-state index in [1.54, 1.807) is 14.2 Å². The summed E-state index contributed by atoms with van der Waals surface area (Å²) in [5.41, 5.74) is -0.275. The molecule has 1 fully saturated rings. The van der Waals surface area contributed by atoms with Crippen molar-refractivity contribution >= 4 is 17.6 Å². The van der Waals surface area contributed by atoms with Gasteiger partial charge in [0.2, 0.25) is 11.8 Å². The number of Topliss-reactive ketones (excluding diaryl/α,β-unsaturated/α-hetero) is 1. The maximum Gasteiger partial charge on any atom is 0.233 e. The maximum absolute atomic E-state index is 12.6. The number of unbranched alkanes of at least 4 members (excludes halogenated alkanes) is 1. The molecule has 0 bridgehead atoms. The molecule has 0 aromatic heterocycles. The van der Waals surface area contributed by atoms with E-state index in [1.165, 1.54) is 4.90 Å². The van der Waals surface area contributed by atoms with Gasteiger partial charge in [-0.1, -0.05) is 20.8 Å². The Balaban J connectivity index is 2.24. The number of ketones is 1. The van der Waals surface area contributed by atoms with Crippen LogP contribution in [0.3, 0.4) is 0 Å². The molecule has 0 spiro atoms. The molecule has 1 aliphatic heterocycles. The number of carbonyl (C=O) groups excluding carboxylic acids is 3. The summed E-state index contributed by atoms with van der Waals surface area (Å²) in [6, 6.07) is 0. The summed E-state index contributed by atoms with van der Waals surface area (Å²) in [5.74, 6) is -0.629. The van der Waals surface area contributed by atoms with Crippen molar-refractivity contribution in [3.05, 3.63) is 0 Å². The van der Waals surface area contributed by atoms with Gasteiger partial charge >= 0.3 is 0 Å². The van der Waals surface area contributed by atoms with E-state index in [9.17, 15) is 14.4 Å². The number of hydrogen-bond acceptors (Lipinski definition) is 12. The van der Waals surface area contributed by atoms with E-state index in [4.69, 9.17) is 42.6 Å². The van der Waals surface area contributed by atoms with Gasteiger partial charge in [0, 0.05) is 46.6 Å². The molecule has 2 unspecified atom stereocenters. The fraction of sp³-hybridized carbons (Fsp3) is 0.906. The lowest BCUT2D eigenvalue weighted by atomic mass is 9.80. The number of methoxy groups -OCH3 is 2. The molecule has 0 radical (unpaired) electrons. The van der Waals surface area contributed by atoms with E-state index >= 15 is 0 Å². The Morgan fingerprint density at radius 1 is 0.689 bits per heavy atom. The third-order valence-corrected chi connectivity index (χ3v) is 7.07. The van der Waals surface area contributed by atoms with Crippen LogP contribution >= 0.6 is 0 Å². The van der Waals surface area contributed by atoms with Crippen molar-refractivity contribution in [2.75, 3.05) is 120 Å². The quantitative estimate of drug-likeness (QED) is 0.0805. The van der Waals surface area contributed by atoms with Crippen molar-refractivity contribution in [2.24, 2.45) is 11.3 Å². The fourth-order valence-electron chi connectivity index (χ4n) is 4.38. The van der Waals surface area contributed by atoms with Gasteiger partial charge in [0.15, 0.2) is 0 Å². The minimum atomic E-state index is -0.321. The highest BCUT2D eigenvalue weighted by Crippen LogP contribution is 2.35. The van der Waals surface area contributed by atoms with Crippen LogP contribution in [0, 0.1) is 11.3 Å². The molecular weight excluding hydrogens is 590 g/mol. The Morgan fingerprint density at radius 3 is 1.69 bits per heavy atom. The maximum atomic E-state index is 12.6. The van der Waals surface area contributed by atoms with Crippen LogP contribution in [0.15, 0.2) is 0 Å². The van der Waals surface area contributed by atoms with E-state index in [2.05, 4.69) is 0 Å². The van der Waals surface area contributed by atoms with Gasteiger partial charge in [0.1, 0.15) is 11.9 Å². The minimum Gasteiger partial charge on any atom is -0.382 e. The van der Waals surface area contributed by atoms with E-state index < -0.39 is 0 Å². The Kier molecular flexibility index (Phi) is 24.4. The molecule has 0 N–H and O–H groups in total. The topological polar surface area (TPSA) is 138 Å². The average Bonchev–Trinajstić information content (AvgIpc) is 3.30. The summed E-state index contributed by atoms with van der Waals surface area (Å²) in [5, 5.41) is 0. The van der Waals surface area contributed by atoms with Crippen molar-refractivity contribution < 1.29 is 57.0 Å². The SMILES string of the molecule is COCCOCCOCCOCC(COCCCCC(=O)CCN1C(=O)CC(C(C)(C)C)C1=O)OCCOCCOCCOC. The molecule has 0 aromatic carbocycles. The number of ether oxygens (including phenoxy) is 9. The molecule has 13 heteroatoms. The van der Waals surface area contributed by atoms with E-state index in [0.29, 0.717) is 118 Å². The molecule has 13 nitrogen and oxygen atoms in total. The van der Waals surface area contributed by atoms with E-state index in [-0.39, 0.29) is 54.4 Å². The molecular formula is C32H59NO12. The highest BCUT2D eigenvalue weighted by molar-refractivity contribution is 6.04. The minimum absolute atomic E-state index is 0.0391. The summed E-state index contributed by atoms with van der Waals surface area (Å²) >= 11 is 0. The molecule has 0 aromatic rings. The molecule has 1 rings (SSSR count). The molecule has 264 valence electrons. The summed E-state index contributed by atoms with van der Waals surface area (Å²) in [7, 11) is 3.26. The second-order valence-corrected chi connectivity index (χ2v) is 11.8. The van der Waals surface area contributed by atoms with Gasteiger partial charge in [0.05, 0.1) is 98.4 Å². The number of nitrogens with zero attached hydrogens (tertiary/aromatic N) is 1. The zero-order chi connectivity index (χ0) is 33.2. The van der Waals surface area contributed by atoms with Crippen molar-refractivity contribution in [3.63, 3.8) is 0 Å². The first-order valence-corrected chi connectivity index (χ1v) is 16.1. The van der Waals surface area contributed by atoms with Crippen molar-refractivity contribution in [1.82, 2.24) is 4.90 Å². The molecule has 2 amide bonds. The Morgan fingerprint density at radius 2 is 1.18 bits per heavy atom. The monoisotopic (exact) mass is 649 g/mol. The predicted molar refractivity (Wildman–Crippen MR) is 166 cm³/mol. The Bertz CT molecular complexity index is 776. The third-order valence-electron chi connectivity index (χ3n) is 7.07. The Labute approximate surface area is 269 Å². The number of likely N-dealkylation sites (tertiary alicyclic amines) is 1. The van der Waals surface area contributed by atoms with Crippen LogP contribution in [0.2, 0.25) is 0 Å². The summed E-state index contributed by atoms with van der Waals surface area (Å²) in [6.07, 6.45) is 1.89. The third kappa shape index (κ3) is 21.0. The highest BCUT2D eigenvalue weighted by atomic mass is 16.6. The standard InChI is InChI=1S/C32H59NO12/c1-32(2,3)29-24-30(35)33(31(29)36)10-9-27(34)8-6-7-11-43-25-28(45-23-22-42-19-17-40-15-13-38-5)26-44-21-20-41-18-16-39-14-12-37-4/h28-29H,6-26H2,1-5H3. The summed E-state index contributed by atoms with van der Waals surface area (Å²) in [6.45, 7) is 13.0. The smallest absolute Gasteiger partial charge is 0.233 e. The molecule has 1 heterocycles. The molecule has 2 atom stereocenters. The van der Waals surface area contributed by atoms with Crippen molar-refractivity contribution in [2.45, 2.75) is 59.0 Å². The number of carbonyl (C=O) groups is 3. The first kappa shape index (κ1) is 41.5. The second kappa shape index (κ2) is 26.5. The number of rotatable bonds is 31. The zero-order valence-electron chi connectivity index (χ0n) is 28.4. The van der Waals surface area contributed by atoms with Gasteiger partial charge in [-0.05, 0) is 18.3 Å². The number of amides is 2. The second-order valence-electron chi connectivity index (χ2n) is 11.8. The van der Waals surface area contributed by atoms with Crippen LogP contribution in [-0.4, -0.2) is 148 Å². The summed E-state index contributed by atoms with van der Waals surface area (Å²) in [4.78, 5) is 38.5. The van der Waals surface area contributed by atoms with E-state index in [1.807, 2.05) is 20.8 Å². The number of hydrogen-bond donors (Lipinski definition) is 0. The van der Waals surface area contributed by atoms with Gasteiger partial charge in [-0.2, -0.15) is 0 Å². The van der Waals surface area contributed by atoms with Crippen LogP contribution in [-0.2, 0) is 57.0 Å². The Hall–Kier alpha value is -1.55. The first-order valence-electron chi connectivity index (χ1n) is 16.1. The molecule has 1 saturated heterocycles. The largest absolute Gasteiger partial charge is 0.382 e. The average molecular weight is 650 g/mol. The highest BCUT2D eigenvalue weighted by Gasteiger charge is 2.44. The van der Waals surface area contributed by atoms with Crippen LogP contribution < -0.4 is 0 Å². The van der Waals surface area contributed by atoms with Gasteiger partial charge in [0.25, 0.3) is 0 Å².